The first kappa shape index (κ1) is 22.1. The lowest BCUT2D eigenvalue weighted by atomic mass is 10.0. The van der Waals surface area contributed by atoms with E-state index >= 15 is 0 Å². The second kappa shape index (κ2) is 9.95. The molecule has 30 heavy (non-hydrogen) atoms. The van der Waals surface area contributed by atoms with E-state index < -0.39 is 17.6 Å². The van der Waals surface area contributed by atoms with Gasteiger partial charge in [0.15, 0.2) is 0 Å². The Morgan fingerprint density at radius 1 is 1.13 bits per heavy atom. The first-order chi connectivity index (χ1) is 14.3. The largest absolute Gasteiger partial charge is 0.481 e. The summed E-state index contributed by atoms with van der Waals surface area (Å²) >= 11 is 6.51. The maximum absolute atomic E-state index is 14.1. The van der Waals surface area contributed by atoms with Crippen molar-refractivity contribution < 1.29 is 23.5 Å². The minimum Gasteiger partial charge on any atom is -0.481 e. The molecule has 1 heterocycles. The van der Waals surface area contributed by atoms with Crippen molar-refractivity contribution in [2.45, 2.75) is 25.7 Å². The molecule has 0 saturated carbocycles. The molecule has 4 nitrogen and oxygen atoms in total. The molecule has 156 valence electrons. The predicted octanol–water partition coefficient (Wildman–Crippen LogP) is 5.48. The van der Waals surface area contributed by atoms with Crippen LogP contribution >= 0.6 is 24.0 Å². The van der Waals surface area contributed by atoms with Gasteiger partial charge in [0.1, 0.15) is 16.0 Å². The van der Waals surface area contributed by atoms with Crippen LogP contribution < -0.4 is 0 Å². The van der Waals surface area contributed by atoms with Crippen molar-refractivity contribution in [3.63, 3.8) is 0 Å². The third-order valence-corrected chi connectivity index (χ3v) is 5.95. The third kappa shape index (κ3) is 5.52. The molecule has 1 fully saturated rings. The van der Waals surface area contributed by atoms with Crippen LogP contribution in [0, 0.1) is 11.6 Å². The zero-order valence-corrected chi connectivity index (χ0v) is 17.6. The van der Waals surface area contributed by atoms with Crippen molar-refractivity contribution in [2.24, 2.45) is 0 Å². The summed E-state index contributed by atoms with van der Waals surface area (Å²) in [6, 6.07) is 10.4. The number of halogens is 2. The molecule has 1 N–H and O–H groups in total. The van der Waals surface area contributed by atoms with Gasteiger partial charge in [0, 0.05) is 24.6 Å². The summed E-state index contributed by atoms with van der Waals surface area (Å²) in [6.45, 7) is 0.447. The Bertz CT molecular complexity index is 1020. The molecule has 8 heteroatoms. The lowest BCUT2D eigenvalue weighted by Crippen LogP contribution is -2.29. The number of unbranched alkanes of at least 4 members (excludes halogenated alkanes) is 2. The summed E-state index contributed by atoms with van der Waals surface area (Å²) in [4.78, 5) is 25.2. The molecule has 0 radical (unpaired) electrons. The molecular weight excluding hydrogens is 428 g/mol. The number of thiocarbonyl (C=S) groups is 1. The van der Waals surface area contributed by atoms with Crippen LogP contribution in [0.4, 0.5) is 8.78 Å². The van der Waals surface area contributed by atoms with Crippen LogP contribution in [0.15, 0.2) is 47.4 Å². The van der Waals surface area contributed by atoms with Gasteiger partial charge in [-0.05, 0) is 48.2 Å². The molecule has 0 spiro atoms. The molecule has 1 amide bonds. The average Bonchev–Trinajstić information content (AvgIpc) is 2.95. The first-order valence-corrected chi connectivity index (χ1v) is 10.6. The van der Waals surface area contributed by atoms with Gasteiger partial charge in [-0.15, -0.1) is 0 Å². The Labute approximate surface area is 182 Å². The molecular formula is C22H19F2NO3S2. The van der Waals surface area contributed by atoms with E-state index in [4.69, 9.17) is 17.3 Å². The van der Waals surface area contributed by atoms with Crippen molar-refractivity contribution in [3.05, 3.63) is 64.6 Å². The Hall–Kier alpha value is -2.58. The highest BCUT2D eigenvalue weighted by molar-refractivity contribution is 8.26. The maximum atomic E-state index is 14.1. The Kier molecular flexibility index (Phi) is 7.33. The van der Waals surface area contributed by atoms with E-state index in [2.05, 4.69) is 0 Å². The second-order valence-corrected chi connectivity index (χ2v) is 8.46. The van der Waals surface area contributed by atoms with E-state index in [1.54, 1.807) is 30.3 Å². The quantitative estimate of drug-likeness (QED) is 0.330. The number of hydrogen-bond acceptors (Lipinski definition) is 4. The summed E-state index contributed by atoms with van der Waals surface area (Å²) < 4.78 is 27.7. The highest BCUT2D eigenvalue weighted by atomic mass is 32.2. The molecule has 0 aromatic heterocycles. The number of aliphatic carboxylic acids is 1. The number of carbonyl (C=O) groups is 2. The number of amides is 1. The number of carboxylic acid groups (broad SMARTS) is 1. The average molecular weight is 448 g/mol. The standard InChI is InChI=1S/C22H19F2NO3S2/c23-16-8-9-17(18(24)13-16)15-6-4-5-14(11-15)12-19-21(28)25(22(29)30-19)10-3-1-2-7-20(26)27/h4-6,8-9,11-13H,1-3,7,10H2,(H,26,27)/b19-12-. The van der Waals surface area contributed by atoms with Crippen LogP contribution in [0.3, 0.4) is 0 Å². The van der Waals surface area contributed by atoms with Gasteiger partial charge >= 0.3 is 5.97 Å². The fraction of sp³-hybridized carbons (Fsp3) is 0.227. The van der Waals surface area contributed by atoms with Gasteiger partial charge in [-0.3, -0.25) is 14.5 Å². The van der Waals surface area contributed by atoms with Crippen LogP contribution in [0.1, 0.15) is 31.2 Å². The summed E-state index contributed by atoms with van der Waals surface area (Å²) in [6.07, 6.45) is 3.75. The lowest BCUT2D eigenvalue weighted by molar-refractivity contribution is -0.137. The molecule has 1 aliphatic heterocycles. The molecule has 0 unspecified atom stereocenters. The van der Waals surface area contributed by atoms with Crippen LogP contribution in [0.2, 0.25) is 0 Å². The van der Waals surface area contributed by atoms with Crippen LogP contribution in [0.5, 0.6) is 0 Å². The summed E-state index contributed by atoms with van der Waals surface area (Å²) in [5.74, 6) is -2.31. The maximum Gasteiger partial charge on any atom is 0.303 e. The van der Waals surface area contributed by atoms with Crippen molar-refractivity contribution >= 4 is 46.3 Å². The van der Waals surface area contributed by atoms with Gasteiger partial charge in [-0.1, -0.05) is 48.6 Å². The lowest BCUT2D eigenvalue weighted by Gasteiger charge is -2.13. The zero-order chi connectivity index (χ0) is 21.7. The highest BCUT2D eigenvalue weighted by Gasteiger charge is 2.31. The van der Waals surface area contributed by atoms with Gasteiger partial charge in [-0.2, -0.15) is 0 Å². The molecule has 3 rings (SSSR count). The summed E-state index contributed by atoms with van der Waals surface area (Å²) in [7, 11) is 0. The van der Waals surface area contributed by atoms with E-state index in [1.165, 1.54) is 28.8 Å². The third-order valence-electron chi connectivity index (χ3n) is 4.57. The molecule has 1 aliphatic rings. The number of carbonyl (C=O) groups excluding carboxylic acids is 1. The minimum atomic E-state index is -0.828. The van der Waals surface area contributed by atoms with E-state index in [1.807, 2.05) is 0 Å². The number of thioether (sulfide) groups is 1. The van der Waals surface area contributed by atoms with E-state index in [-0.39, 0.29) is 17.9 Å². The number of hydrogen-bond donors (Lipinski definition) is 1. The molecule has 1 saturated heterocycles. The molecule has 2 aromatic carbocycles. The monoisotopic (exact) mass is 447 g/mol. The Balaban J connectivity index is 1.70. The van der Waals surface area contributed by atoms with Crippen LogP contribution in [0.25, 0.3) is 17.2 Å². The highest BCUT2D eigenvalue weighted by Crippen LogP contribution is 2.33. The Morgan fingerprint density at radius 3 is 2.67 bits per heavy atom. The van der Waals surface area contributed by atoms with Crippen molar-refractivity contribution in [3.8, 4) is 11.1 Å². The predicted molar refractivity (Wildman–Crippen MR) is 118 cm³/mol. The van der Waals surface area contributed by atoms with Gasteiger partial charge in [0.2, 0.25) is 0 Å². The van der Waals surface area contributed by atoms with Crippen LogP contribution in [-0.2, 0) is 9.59 Å². The molecule has 0 atom stereocenters. The summed E-state index contributed by atoms with van der Waals surface area (Å²) in [5, 5.41) is 8.67. The second-order valence-electron chi connectivity index (χ2n) is 6.79. The first-order valence-electron chi connectivity index (χ1n) is 9.38. The number of benzene rings is 2. The minimum absolute atomic E-state index is 0.114. The number of nitrogens with zero attached hydrogens (tertiary/aromatic N) is 1. The van der Waals surface area contributed by atoms with Crippen molar-refractivity contribution in [1.82, 2.24) is 4.90 Å². The molecule has 0 aliphatic carbocycles. The van der Waals surface area contributed by atoms with Gasteiger partial charge in [0.05, 0.1) is 4.91 Å². The van der Waals surface area contributed by atoms with Crippen molar-refractivity contribution in [2.75, 3.05) is 6.54 Å². The molecule has 2 aromatic rings. The summed E-state index contributed by atoms with van der Waals surface area (Å²) in [5.41, 5.74) is 1.56. The van der Waals surface area contributed by atoms with E-state index in [0.717, 1.165) is 6.07 Å². The Morgan fingerprint density at radius 2 is 1.93 bits per heavy atom. The zero-order valence-electron chi connectivity index (χ0n) is 15.9. The molecule has 0 bridgehead atoms. The SMILES string of the molecule is O=C(O)CCCCCN1C(=O)/C(=C/c2cccc(-c3ccc(F)cc3F)c2)SC1=S. The van der Waals surface area contributed by atoms with Gasteiger partial charge < -0.3 is 5.11 Å². The van der Waals surface area contributed by atoms with E-state index in [0.29, 0.717) is 46.2 Å². The van der Waals surface area contributed by atoms with Gasteiger partial charge in [-0.25, -0.2) is 8.78 Å². The smallest absolute Gasteiger partial charge is 0.303 e. The fourth-order valence-electron chi connectivity index (χ4n) is 3.09. The topological polar surface area (TPSA) is 57.6 Å². The number of carboxylic acids is 1. The fourth-order valence-corrected chi connectivity index (χ4v) is 4.40. The van der Waals surface area contributed by atoms with Gasteiger partial charge in [0.25, 0.3) is 5.91 Å². The normalized spacial score (nSPS) is 15.3. The van der Waals surface area contributed by atoms with E-state index in [9.17, 15) is 18.4 Å². The van der Waals surface area contributed by atoms with Crippen molar-refractivity contribution in [1.29, 1.82) is 0 Å². The van der Waals surface area contributed by atoms with Crippen LogP contribution in [-0.4, -0.2) is 32.7 Å². The number of rotatable bonds is 8.